The van der Waals surface area contributed by atoms with E-state index in [0.29, 0.717) is 16.3 Å². The van der Waals surface area contributed by atoms with Crippen LogP contribution in [0.3, 0.4) is 0 Å². The molecule has 0 unspecified atom stereocenters. The fourth-order valence-electron chi connectivity index (χ4n) is 2.58. The van der Waals surface area contributed by atoms with E-state index >= 15 is 0 Å². The average Bonchev–Trinajstić information content (AvgIpc) is 2.80. The summed E-state index contributed by atoms with van der Waals surface area (Å²) in [6.45, 7) is -0.338. The van der Waals surface area contributed by atoms with Crippen molar-refractivity contribution in [1.29, 1.82) is 0 Å². The van der Waals surface area contributed by atoms with E-state index in [1.165, 1.54) is 66.9 Å². The number of halogens is 2. The first-order chi connectivity index (χ1) is 15.8. The Bertz CT molecular complexity index is 1200. The first kappa shape index (κ1) is 23.4. The zero-order valence-electron chi connectivity index (χ0n) is 16.8. The summed E-state index contributed by atoms with van der Waals surface area (Å²) in [5, 5.41) is 17.5. The molecule has 3 rings (SSSR count). The lowest BCUT2D eigenvalue weighted by Crippen LogP contribution is -2.20. The van der Waals surface area contributed by atoms with Crippen LogP contribution in [0.25, 0.3) is 0 Å². The van der Waals surface area contributed by atoms with Crippen LogP contribution in [-0.4, -0.2) is 29.6 Å². The van der Waals surface area contributed by atoms with Gasteiger partial charge in [0, 0.05) is 34.0 Å². The highest BCUT2D eigenvalue weighted by Gasteiger charge is 2.10. The third-order valence-electron chi connectivity index (χ3n) is 4.17. The van der Waals surface area contributed by atoms with E-state index in [1.807, 2.05) is 0 Å². The van der Waals surface area contributed by atoms with Gasteiger partial charge < -0.3 is 10.1 Å². The molecule has 168 valence electrons. The van der Waals surface area contributed by atoms with Gasteiger partial charge in [0.05, 0.1) is 11.1 Å². The molecule has 0 aromatic heterocycles. The average molecular weight is 471 g/mol. The van der Waals surface area contributed by atoms with Crippen molar-refractivity contribution in [3.63, 3.8) is 0 Å². The van der Waals surface area contributed by atoms with Crippen LogP contribution in [0.1, 0.15) is 15.9 Å². The molecule has 0 atom stereocenters. The van der Waals surface area contributed by atoms with E-state index in [1.54, 1.807) is 6.07 Å². The second-order valence-corrected chi connectivity index (χ2v) is 6.97. The summed E-state index contributed by atoms with van der Waals surface area (Å²) in [5.74, 6) is -1.19. The molecule has 0 heterocycles. The van der Waals surface area contributed by atoms with Crippen molar-refractivity contribution in [2.75, 3.05) is 11.9 Å². The maximum absolute atomic E-state index is 13.0. The first-order valence-electron chi connectivity index (χ1n) is 9.37. The zero-order valence-corrected chi connectivity index (χ0v) is 17.6. The van der Waals surface area contributed by atoms with E-state index in [0.717, 1.165) is 0 Å². The minimum Gasteiger partial charge on any atom is -0.483 e. The molecule has 0 spiro atoms. The van der Waals surface area contributed by atoms with Gasteiger partial charge in [0.1, 0.15) is 11.6 Å². The van der Waals surface area contributed by atoms with Gasteiger partial charge >= 0.3 is 0 Å². The lowest BCUT2D eigenvalue weighted by Gasteiger charge is -2.10. The molecule has 0 radical (unpaired) electrons. The van der Waals surface area contributed by atoms with Crippen LogP contribution in [0.4, 0.5) is 15.8 Å². The number of non-ortho nitro benzene ring substituents is 1. The van der Waals surface area contributed by atoms with Crippen molar-refractivity contribution in [2.24, 2.45) is 5.10 Å². The van der Waals surface area contributed by atoms with Gasteiger partial charge in [0.15, 0.2) is 6.61 Å². The van der Waals surface area contributed by atoms with Crippen LogP contribution in [0, 0.1) is 15.9 Å². The van der Waals surface area contributed by atoms with E-state index in [-0.39, 0.29) is 23.6 Å². The van der Waals surface area contributed by atoms with E-state index in [2.05, 4.69) is 15.8 Å². The highest BCUT2D eigenvalue weighted by molar-refractivity contribution is 6.30. The van der Waals surface area contributed by atoms with Gasteiger partial charge in [0.2, 0.25) is 0 Å². The van der Waals surface area contributed by atoms with E-state index in [9.17, 15) is 24.1 Å². The van der Waals surface area contributed by atoms with E-state index in [4.69, 9.17) is 16.3 Å². The number of nitro benzene ring substituents is 1. The molecular weight excluding hydrogens is 455 g/mol. The number of anilines is 1. The molecule has 0 aliphatic heterocycles. The maximum Gasteiger partial charge on any atom is 0.271 e. The Labute approximate surface area is 192 Å². The van der Waals surface area contributed by atoms with Gasteiger partial charge in [-0.25, -0.2) is 9.82 Å². The zero-order chi connectivity index (χ0) is 23.8. The van der Waals surface area contributed by atoms with Crippen molar-refractivity contribution in [3.05, 3.63) is 98.8 Å². The van der Waals surface area contributed by atoms with Gasteiger partial charge in [-0.2, -0.15) is 5.10 Å². The summed E-state index contributed by atoms with van der Waals surface area (Å²) >= 11 is 6.01. The van der Waals surface area contributed by atoms with Crippen LogP contribution in [0.5, 0.6) is 5.75 Å². The molecule has 2 amide bonds. The van der Waals surface area contributed by atoms with Gasteiger partial charge in [-0.05, 0) is 54.6 Å². The van der Waals surface area contributed by atoms with Gasteiger partial charge in [-0.3, -0.25) is 19.7 Å². The van der Waals surface area contributed by atoms with Crippen LogP contribution >= 0.6 is 11.6 Å². The van der Waals surface area contributed by atoms with Crippen LogP contribution in [0.2, 0.25) is 5.02 Å². The topological polar surface area (TPSA) is 123 Å². The molecule has 3 aromatic carbocycles. The number of carbonyl (C=O) groups is 2. The molecule has 0 fully saturated rings. The van der Waals surface area contributed by atoms with Crippen LogP contribution in [0.15, 0.2) is 71.8 Å². The quantitative estimate of drug-likeness (QED) is 0.290. The highest BCUT2D eigenvalue weighted by atomic mass is 35.5. The predicted octanol–water partition coefficient (Wildman–Crippen LogP) is 4.17. The van der Waals surface area contributed by atoms with Crippen molar-refractivity contribution < 1.29 is 23.6 Å². The number of hydrogen-bond donors (Lipinski definition) is 2. The second-order valence-electron chi connectivity index (χ2n) is 6.53. The lowest BCUT2D eigenvalue weighted by atomic mass is 10.2. The fourth-order valence-corrected chi connectivity index (χ4v) is 2.77. The molecule has 3 aromatic rings. The third-order valence-corrected chi connectivity index (χ3v) is 4.40. The monoisotopic (exact) mass is 470 g/mol. The van der Waals surface area contributed by atoms with Gasteiger partial charge in [0.25, 0.3) is 17.5 Å². The number of nitrogens with zero attached hydrogens (tertiary/aromatic N) is 2. The number of ether oxygens (including phenoxy) is 1. The van der Waals surface area contributed by atoms with Crippen LogP contribution in [-0.2, 0) is 4.79 Å². The Morgan fingerprint density at radius 3 is 2.45 bits per heavy atom. The summed E-state index contributed by atoms with van der Waals surface area (Å²) in [4.78, 5) is 34.4. The normalized spacial score (nSPS) is 10.6. The molecule has 2 N–H and O–H groups in total. The summed E-state index contributed by atoms with van der Waals surface area (Å²) in [6, 6.07) is 14.9. The lowest BCUT2D eigenvalue weighted by molar-refractivity contribution is -0.384. The predicted molar refractivity (Wildman–Crippen MR) is 120 cm³/mol. The molecule has 0 bridgehead atoms. The SMILES string of the molecule is O=C(COc1ccc(Cl)cc1C=NNC(=O)c1ccc([N+](=O)[O-])cc1)Nc1ccc(F)cc1. The molecule has 33 heavy (non-hydrogen) atoms. The van der Waals surface area contributed by atoms with Crippen molar-refractivity contribution in [3.8, 4) is 5.75 Å². The molecule has 11 heteroatoms. The minimum atomic E-state index is -0.579. The number of nitrogens with one attached hydrogen (secondary N) is 2. The number of rotatable bonds is 8. The Morgan fingerprint density at radius 1 is 1.09 bits per heavy atom. The highest BCUT2D eigenvalue weighted by Crippen LogP contribution is 2.21. The molecule has 0 saturated carbocycles. The van der Waals surface area contributed by atoms with Crippen molar-refractivity contribution in [2.45, 2.75) is 0 Å². The Morgan fingerprint density at radius 2 is 1.79 bits per heavy atom. The van der Waals surface area contributed by atoms with E-state index < -0.39 is 22.6 Å². The first-order valence-corrected chi connectivity index (χ1v) is 9.75. The number of benzene rings is 3. The Kier molecular flexibility index (Phi) is 7.66. The van der Waals surface area contributed by atoms with Crippen LogP contribution < -0.4 is 15.5 Å². The molecule has 0 aliphatic carbocycles. The summed E-state index contributed by atoms with van der Waals surface area (Å²) in [5.41, 5.74) is 3.14. The Balaban J connectivity index is 1.61. The molecule has 0 aliphatic rings. The summed E-state index contributed by atoms with van der Waals surface area (Å²) in [6.07, 6.45) is 1.28. The van der Waals surface area contributed by atoms with Crippen molar-refractivity contribution in [1.82, 2.24) is 5.43 Å². The number of hydrogen-bond acceptors (Lipinski definition) is 6. The summed E-state index contributed by atoms with van der Waals surface area (Å²) < 4.78 is 18.5. The third kappa shape index (κ3) is 6.84. The maximum atomic E-state index is 13.0. The molecule has 0 saturated heterocycles. The number of amides is 2. The Hall–Kier alpha value is -4.31. The fraction of sp³-hybridized carbons (Fsp3) is 0.0455. The number of hydrazone groups is 1. The van der Waals surface area contributed by atoms with Gasteiger partial charge in [-0.1, -0.05) is 11.6 Å². The summed E-state index contributed by atoms with van der Waals surface area (Å²) in [7, 11) is 0. The number of carbonyl (C=O) groups excluding carboxylic acids is 2. The van der Waals surface area contributed by atoms with Gasteiger partial charge in [-0.15, -0.1) is 0 Å². The molecular formula is C22H16ClFN4O5. The second kappa shape index (κ2) is 10.8. The smallest absolute Gasteiger partial charge is 0.271 e. The van der Waals surface area contributed by atoms with Crippen molar-refractivity contribution >= 4 is 41.0 Å². The minimum absolute atomic E-state index is 0.140. The molecule has 9 nitrogen and oxygen atoms in total. The standard InChI is InChI=1S/C22H16ClFN4O5/c23-16-3-10-20(33-13-21(29)26-18-6-4-17(24)5-7-18)15(11-16)12-25-27-22(30)14-1-8-19(9-2-14)28(31)32/h1-12H,13H2,(H,26,29)(H,27,30). The number of nitro groups is 1. The largest absolute Gasteiger partial charge is 0.483 e.